The summed E-state index contributed by atoms with van der Waals surface area (Å²) in [6.07, 6.45) is 1.22. The van der Waals surface area contributed by atoms with E-state index in [0.717, 1.165) is 5.56 Å². The summed E-state index contributed by atoms with van der Waals surface area (Å²) in [7, 11) is 0. The van der Waals surface area contributed by atoms with Crippen LogP contribution in [0.25, 0.3) is 0 Å². The molecule has 0 aliphatic rings. The summed E-state index contributed by atoms with van der Waals surface area (Å²) in [4.78, 5) is 0. The van der Waals surface area contributed by atoms with E-state index in [-0.39, 0.29) is 12.1 Å². The van der Waals surface area contributed by atoms with E-state index in [1.807, 2.05) is 48.5 Å². The van der Waals surface area contributed by atoms with Crippen LogP contribution in [0.5, 0.6) is 0 Å². The Labute approximate surface area is 191 Å². The van der Waals surface area contributed by atoms with Gasteiger partial charge in [-0.05, 0) is 35.1 Å². The average molecular weight is 422 g/mol. The molecule has 0 heterocycles. The second kappa shape index (κ2) is 10.4. The first-order valence-corrected chi connectivity index (χ1v) is 11.4. The number of hydrogen-bond donors (Lipinski definition) is 2. The first-order valence-electron chi connectivity index (χ1n) is 11.4. The number of aliphatic hydroxyl groups is 1. The van der Waals surface area contributed by atoms with Crippen molar-refractivity contribution >= 4 is 0 Å². The van der Waals surface area contributed by atoms with Crippen LogP contribution in [0.3, 0.4) is 0 Å². The third-order valence-electron chi connectivity index (χ3n) is 6.27. The van der Waals surface area contributed by atoms with E-state index in [2.05, 4.69) is 85.0 Å². The Kier molecular flexibility index (Phi) is 7.16. The number of hydrogen-bond acceptors (Lipinski definition) is 2. The maximum atomic E-state index is 11.7. The van der Waals surface area contributed by atoms with Crippen molar-refractivity contribution in [2.45, 2.75) is 37.5 Å². The molecular formula is C30H31NO. The monoisotopic (exact) mass is 421 g/mol. The lowest BCUT2D eigenvalue weighted by atomic mass is 9.82. The van der Waals surface area contributed by atoms with Crippen molar-refractivity contribution in [3.63, 3.8) is 0 Å². The van der Waals surface area contributed by atoms with Crippen LogP contribution in [-0.4, -0.2) is 5.11 Å². The largest absolute Gasteiger partial charge is 0.385 e. The van der Waals surface area contributed by atoms with Gasteiger partial charge < -0.3 is 5.11 Å². The first-order chi connectivity index (χ1) is 15.7. The smallest absolute Gasteiger partial charge is 0.0912 e. The molecule has 4 aromatic carbocycles. The maximum Gasteiger partial charge on any atom is 0.0912 e. The Morgan fingerprint density at radius 2 is 1.03 bits per heavy atom. The van der Waals surface area contributed by atoms with Gasteiger partial charge in [0.2, 0.25) is 0 Å². The molecule has 0 spiro atoms. The zero-order valence-electron chi connectivity index (χ0n) is 18.6. The molecule has 2 nitrogen and oxygen atoms in total. The minimum atomic E-state index is -0.924. The Balaban J connectivity index is 1.73. The topological polar surface area (TPSA) is 32.3 Å². The molecule has 2 heteroatoms. The fraction of sp³-hybridized carbons (Fsp3) is 0.200. The summed E-state index contributed by atoms with van der Waals surface area (Å²) in [6, 6.07) is 41.5. The van der Waals surface area contributed by atoms with E-state index in [1.54, 1.807) is 0 Å². The lowest BCUT2D eigenvalue weighted by Crippen LogP contribution is -2.35. The molecule has 4 rings (SSSR count). The van der Waals surface area contributed by atoms with Crippen molar-refractivity contribution in [2.75, 3.05) is 0 Å². The van der Waals surface area contributed by atoms with Crippen LogP contribution in [0.4, 0.5) is 0 Å². The van der Waals surface area contributed by atoms with Crippen LogP contribution >= 0.6 is 0 Å². The number of rotatable bonds is 9. The molecule has 162 valence electrons. The van der Waals surface area contributed by atoms with E-state index in [1.165, 1.54) is 16.7 Å². The van der Waals surface area contributed by atoms with Gasteiger partial charge in [-0.1, -0.05) is 128 Å². The van der Waals surface area contributed by atoms with Crippen LogP contribution in [0.15, 0.2) is 121 Å². The van der Waals surface area contributed by atoms with Gasteiger partial charge in [0.05, 0.1) is 11.6 Å². The summed E-state index contributed by atoms with van der Waals surface area (Å²) in [6.45, 7) is 2.06. The number of benzene rings is 4. The van der Waals surface area contributed by atoms with E-state index < -0.39 is 5.60 Å². The van der Waals surface area contributed by atoms with Crippen LogP contribution in [0.2, 0.25) is 0 Å². The summed E-state index contributed by atoms with van der Waals surface area (Å²) < 4.78 is 0. The van der Waals surface area contributed by atoms with Crippen molar-refractivity contribution in [2.24, 2.45) is 0 Å². The minimum Gasteiger partial charge on any atom is -0.385 e. The summed E-state index contributed by atoms with van der Waals surface area (Å²) in [5.41, 5.74) is 3.62. The van der Waals surface area contributed by atoms with Crippen molar-refractivity contribution in [3.05, 3.63) is 144 Å². The van der Waals surface area contributed by atoms with E-state index >= 15 is 0 Å². The van der Waals surface area contributed by atoms with Gasteiger partial charge in [-0.2, -0.15) is 0 Å². The molecular weight excluding hydrogens is 390 g/mol. The molecule has 0 radical (unpaired) electrons. The van der Waals surface area contributed by atoms with Gasteiger partial charge in [0.15, 0.2) is 0 Å². The molecule has 0 unspecified atom stereocenters. The normalized spacial score (nSPS) is 14.1. The molecule has 0 aliphatic heterocycles. The minimum absolute atomic E-state index is 0.0134. The van der Waals surface area contributed by atoms with Gasteiger partial charge >= 0.3 is 0 Å². The van der Waals surface area contributed by atoms with Gasteiger partial charge in [0, 0.05) is 6.04 Å². The summed E-state index contributed by atoms with van der Waals surface area (Å²) in [5.74, 6) is 0. The molecule has 0 bridgehead atoms. The molecule has 0 aromatic heterocycles. The Hall–Kier alpha value is -3.20. The Morgan fingerprint density at radius 3 is 1.47 bits per heavy atom. The molecule has 0 saturated carbocycles. The standard InChI is InChI=1S/C30H31NO/c1-2-30(32,27-21-13-6-14-22-27)23-28(24-15-7-3-8-16-24)31-29(25-17-9-4-10-18-25)26-19-11-5-12-20-26/h3-22,28-29,31-32H,2,23H2,1H3/t28-,30-/m0/s1. The van der Waals surface area contributed by atoms with E-state index in [0.29, 0.717) is 12.8 Å². The quantitative estimate of drug-likeness (QED) is 0.312. The van der Waals surface area contributed by atoms with Gasteiger partial charge in [0.1, 0.15) is 0 Å². The predicted octanol–water partition coefficient (Wildman–Crippen LogP) is 6.79. The second-order valence-corrected chi connectivity index (χ2v) is 8.34. The Bertz CT molecular complexity index is 1030. The average Bonchev–Trinajstić information content (AvgIpc) is 2.88. The van der Waals surface area contributed by atoms with Crippen molar-refractivity contribution in [1.82, 2.24) is 5.32 Å². The van der Waals surface area contributed by atoms with Gasteiger partial charge in [-0.15, -0.1) is 0 Å². The van der Waals surface area contributed by atoms with Crippen LogP contribution in [0.1, 0.15) is 54.1 Å². The highest BCUT2D eigenvalue weighted by molar-refractivity contribution is 5.33. The highest BCUT2D eigenvalue weighted by Crippen LogP contribution is 2.37. The van der Waals surface area contributed by atoms with Crippen LogP contribution in [-0.2, 0) is 5.60 Å². The molecule has 0 saturated heterocycles. The SMILES string of the molecule is CC[C@](O)(C[C@H](NC(c1ccccc1)c1ccccc1)c1ccccc1)c1ccccc1. The van der Waals surface area contributed by atoms with Gasteiger partial charge in [0.25, 0.3) is 0 Å². The van der Waals surface area contributed by atoms with Crippen LogP contribution < -0.4 is 5.32 Å². The third-order valence-corrected chi connectivity index (χ3v) is 6.27. The van der Waals surface area contributed by atoms with Crippen molar-refractivity contribution < 1.29 is 5.11 Å². The van der Waals surface area contributed by atoms with E-state index in [9.17, 15) is 5.11 Å². The molecule has 2 N–H and O–H groups in total. The van der Waals surface area contributed by atoms with E-state index in [4.69, 9.17) is 0 Å². The first kappa shape index (κ1) is 22.0. The highest BCUT2D eigenvalue weighted by atomic mass is 16.3. The van der Waals surface area contributed by atoms with Crippen molar-refractivity contribution in [1.29, 1.82) is 0 Å². The maximum absolute atomic E-state index is 11.7. The zero-order chi connectivity index (χ0) is 22.2. The fourth-order valence-electron chi connectivity index (χ4n) is 4.39. The Morgan fingerprint density at radius 1 is 0.625 bits per heavy atom. The molecule has 4 aromatic rings. The predicted molar refractivity (Wildman–Crippen MR) is 132 cm³/mol. The lowest BCUT2D eigenvalue weighted by molar-refractivity contribution is 0.0118. The molecule has 0 amide bonds. The highest BCUT2D eigenvalue weighted by Gasteiger charge is 2.32. The molecule has 0 aliphatic carbocycles. The third kappa shape index (κ3) is 5.16. The number of nitrogens with one attached hydrogen (secondary N) is 1. The summed E-state index contributed by atoms with van der Waals surface area (Å²) in [5, 5.41) is 15.6. The zero-order valence-corrected chi connectivity index (χ0v) is 18.6. The molecule has 32 heavy (non-hydrogen) atoms. The van der Waals surface area contributed by atoms with Crippen molar-refractivity contribution in [3.8, 4) is 0 Å². The fourth-order valence-corrected chi connectivity index (χ4v) is 4.39. The molecule has 2 atom stereocenters. The molecule has 0 fully saturated rings. The second-order valence-electron chi connectivity index (χ2n) is 8.34. The lowest BCUT2D eigenvalue weighted by Gasteiger charge is -2.35. The van der Waals surface area contributed by atoms with Gasteiger partial charge in [-0.25, -0.2) is 0 Å². The van der Waals surface area contributed by atoms with Crippen LogP contribution in [0, 0.1) is 0 Å². The van der Waals surface area contributed by atoms with Gasteiger partial charge in [-0.3, -0.25) is 5.32 Å². The summed E-state index contributed by atoms with van der Waals surface area (Å²) >= 11 is 0.